The monoisotopic (exact) mass is 287 g/mol. The molecule has 0 amide bonds. The number of benzene rings is 1. The van der Waals surface area contributed by atoms with Crippen molar-refractivity contribution in [2.24, 2.45) is 0 Å². The lowest BCUT2D eigenvalue weighted by atomic mass is 10.0. The molecule has 0 radical (unpaired) electrons. The van der Waals surface area contributed by atoms with E-state index in [9.17, 15) is 0 Å². The number of nitrogens with zero attached hydrogens (tertiary/aromatic N) is 2. The van der Waals surface area contributed by atoms with E-state index >= 15 is 0 Å². The van der Waals surface area contributed by atoms with E-state index in [1.54, 1.807) is 7.11 Å². The van der Waals surface area contributed by atoms with Gasteiger partial charge in [0.2, 0.25) is 0 Å². The van der Waals surface area contributed by atoms with Gasteiger partial charge in [-0.3, -0.25) is 0 Å². The molecule has 1 unspecified atom stereocenters. The summed E-state index contributed by atoms with van der Waals surface area (Å²) in [5, 5.41) is 7.84. The molecule has 1 aromatic heterocycles. The molecule has 3 rings (SSSR count). The number of aromatic nitrogens is 2. The van der Waals surface area contributed by atoms with Gasteiger partial charge in [-0.15, -0.1) is 0 Å². The molecule has 1 fully saturated rings. The molecule has 1 aromatic carbocycles. The lowest BCUT2D eigenvalue weighted by Gasteiger charge is -2.25. The number of nitrogens with one attached hydrogen (secondary N) is 1. The third-order valence-corrected chi connectivity index (χ3v) is 3.93. The van der Waals surface area contributed by atoms with E-state index in [-0.39, 0.29) is 5.60 Å². The Labute approximate surface area is 124 Å². The van der Waals surface area contributed by atoms with Crippen LogP contribution in [-0.4, -0.2) is 42.2 Å². The van der Waals surface area contributed by atoms with Gasteiger partial charge in [0, 0.05) is 45.0 Å². The fraction of sp³-hybridized carbons (Fsp3) is 0.438. The highest BCUT2D eigenvalue weighted by Crippen LogP contribution is 2.21. The Morgan fingerprint density at radius 3 is 2.95 bits per heavy atom. The first-order valence-electron chi connectivity index (χ1n) is 7.24. The minimum atomic E-state index is -0.171. The molecule has 1 aliphatic rings. The van der Waals surface area contributed by atoms with Crippen molar-refractivity contribution in [2.75, 3.05) is 26.9 Å². The van der Waals surface area contributed by atoms with Crippen molar-refractivity contribution in [2.45, 2.75) is 18.6 Å². The average molecular weight is 287 g/mol. The minimum absolute atomic E-state index is 0.171. The van der Waals surface area contributed by atoms with Gasteiger partial charge in [0.1, 0.15) is 5.60 Å². The fourth-order valence-corrected chi connectivity index (χ4v) is 2.57. The predicted molar refractivity (Wildman–Crippen MR) is 80.4 cm³/mol. The van der Waals surface area contributed by atoms with Crippen molar-refractivity contribution in [3.05, 3.63) is 48.3 Å². The summed E-state index contributed by atoms with van der Waals surface area (Å²) < 4.78 is 12.9. The van der Waals surface area contributed by atoms with Crippen molar-refractivity contribution in [3.8, 4) is 5.69 Å². The van der Waals surface area contributed by atoms with Crippen molar-refractivity contribution in [1.82, 2.24) is 15.1 Å². The molecule has 1 N–H and O–H groups in total. The molecule has 5 heteroatoms. The topological polar surface area (TPSA) is 48.3 Å². The van der Waals surface area contributed by atoms with Gasteiger partial charge in [-0.1, -0.05) is 18.2 Å². The molecule has 0 saturated carbocycles. The quantitative estimate of drug-likeness (QED) is 0.879. The third kappa shape index (κ3) is 3.32. The van der Waals surface area contributed by atoms with Crippen LogP contribution < -0.4 is 5.32 Å². The summed E-state index contributed by atoms with van der Waals surface area (Å²) in [6.45, 7) is 3.01. The zero-order chi connectivity index (χ0) is 14.5. The molecule has 112 valence electrons. The second kappa shape index (κ2) is 6.39. The number of hydrogen-bond acceptors (Lipinski definition) is 4. The second-order valence-corrected chi connectivity index (χ2v) is 5.42. The summed E-state index contributed by atoms with van der Waals surface area (Å²) in [5.74, 6) is 0. The maximum atomic E-state index is 5.60. The van der Waals surface area contributed by atoms with E-state index in [0.29, 0.717) is 6.61 Å². The summed E-state index contributed by atoms with van der Waals surface area (Å²) in [7, 11) is 1.75. The lowest BCUT2D eigenvalue weighted by Crippen LogP contribution is -2.42. The second-order valence-electron chi connectivity index (χ2n) is 5.42. The van der Waals surface area contributed by atoms with Crippen molar-refractivity contribution >= 4 is 0 Å². The fourth-order valence-electron chi connectivity index (χ4n) is 2.57. The molecule has 0 spiro atoms. The molecule has 1 saturated heterocycles. The van der Waals surface area contributed by atoms with E-state index in [1.165, 1.54) is 0 Å². The van der Waals surface area contributed by atoms with E-state index in [2.05, 4.69) is 10.4 Å². The third-order valence-electron chi connectivity index (χ3n) is 3.93. The standard InChI is InChI=1S/C16H21N3O2/c1-20-16(7-8-21-13-16)12-17-9-14-10-18-19(11-14)15-5-3-2-4-6-15/h2-6,10-11,17H,7-9,12-13H2,1H3. The van der Waals surface area contributed by atoms with Gasteiger partial charge in [-0.05, 0) is 12.1 Å². The Kier molecular flexibility index (Phi) is 4.34. The highest BCUT2D eigenvalue weighted by molar-refractivity contribution is 5.30. The van der Waals surface area contributed by atoms with E-state index in [1.807, 2.05) is 47.4 Å². The molecule has 2 heterocycles. The SMILES string of the molecule is COC1(CNCc2cnn(-c3ccccc3)c2)CCOC1. The Morgan fingerprint density at radius 2 is 2.24 bits per heavy atom. The molecular formula is C16H21N3O2. The van der Waals surface area contributed by atoms with Crippen molar-refractivity contribution < 1.29 is 9.47 Å². The van der Waals surface area contributed by atoms with Gasteiger partial charge in [-0.25, -0.2) is 4.68 Å². The largest absolute Gasteiger partial charge is 0.378 e. The van der Waals surface area contributed by atoms with Crippen molar-refractivity contribution in [1.29, 1.82) is 0 Å². The number of hydrogen-bond donors (Lipinski definition) is 1. The van der Waals surface area contributed by atoms with Crippen LogP contribution in [0.4, 0.5) is 0 Å². The first-order valence-corrected chi connectivity index (χ1v) is 7.24. The normalized spacial score (nSPS) is 21.8. The molecule has 1 aliphatic heterocycles. The average Bonchev–Trinajstić information content (AvgIpc) is 3.18. The van der Waals surface area contributed by atoms with Crippen LogP contribution in [-0.2, 0) is 16.0 Å². The first kappa shape index (κ1) is 14.3. The Morgan fingerprint density at radius 1 is 1.38 bits per heavy atom. The number of ether oxygens (including phenoxy) is 2. The summed E-state index contributed by atoms with van der Waals surface area (Å²) >= 11 is 0. The molecule has 5 nitrogen and oxygen atoms in total. The number of para-hydroxylation sites is 1. The summed E-state index contributed by atoms with van der Waals surface area (Å²) in [4.78, 5) is 0. The van der Waals surface area contributed by atoms with Gasteiger partial charge >= 0.3 is 0 Å². The first-order chi connectivity index (χ1) is 10.3. The van der Waals surface area contributed by atoms with Gasteiger partial charge in [0.25, 0.3) is 0 Å². The minimum Gasteiger partial charge on any atom is -0.378 e. The smallest absolute Gasteiger partial charge is 0.106 e. The van der Waals surface area contributed by atoms with Crippen LogP contribution in [0.2, 0.25) is 0 Å². The molecular weight excluding hydrogens is 266 g/mol. The van der Waals surface area contributed by atoms with Crippen LogP contribution in [0.1, 0.15) is 12.0 Å². The van der Waals surface area contributed by atoms with E-state index in [0.717, 1.165) is 37.4 Å². The summed E-state index contributed by atoms with van der Waals surface area (Å²) in [6.07, 6.45) is 4.89. The number of rotatable bonds is 6. The zero-order valence-electron chi connectivity index (χ0n) is 12.3. The molecule has 0 bridgehead atoms. The summed E-state index contributed by atoms with van der Waals surface area (Å²) in [5.41, 5.74) is 2.06. The van der Waals surface area contributed by atoms with Crippen LogP contribution in [0.25, 0.3) is 5.69 Å². The maximum absolute atomic E-state index is 5.60. The summed E-state index contributed by atoms with van der Waals surface area (Å²) in [6, 6.07) is 10.1. The highest BCUT2D eigenvalue weighted by atomic mass is 16.5. The lowest BCUT2D eigenvalue weighted by molar-refractivity contribution is -0.0159. The van der Waals surface area contributed by atoms with E-state index < -0.39 is 0 Å². The zero-order valence-corrected chi connectivity index (χ0v) is 12.3. The predicted octanol–water partition coefficient (Wildman–Crippen LogP) is 1.77. The van der Waals surface area contributed by atoms with Gasteiger partial charge < -0.3 is 14.8 Å². The Balaban J connectivity index is 1.56. The van der Waals surface area contributed by atoms with E-state index in [4.69, 9.17) is 9.47 Å². The van der Waals surface area contributed by atoms with Crippen molar-refractivity contribution in [3.63, 3.8) is 0 Å². The molecule has 0 aliphatic carbocycles. The molecule has 1 atom stereocenters. The molecule has 2 aromatic rings. The van der Waals surface area contributed by atoms with Gasteiger partial charge in [0.05, 0.1) is 18.5 Å². The Bertz CT molecular complexity index is 562. The number of methoxy groups -OCH3 is 1. The van der Waals surface area contributed by atoms with Crippen LogP contribution in [0.15, 0.2) is 42.7 Å². The van der Waals surface area contributed by atoms with Gasteiger partial charge in [0.15, 0.2) is 0 Å². The maximum Gasteiger partial charge on any atom is 0.106 e. The van der Waals surface area contributed by atoms with Crippen LogP contribution in [0.5, 0.6) is 0 Å². The Hall–Kier alpha value is -1.69. The van der Waals surface area contributed by atoms with Crippen LogP contribution in [0.3, 0.4) is 0 Å². The molecule has 21 heavy (non-hydrogen) atoms. The highest BCUT2D eigenvalue weighted by Gasteiger charge is 2.34. The van der Waals surface area contributed by atoms with Gasteiger partial charge in [-0.2, -0.15) is 5.10 Å². The van der Waals surface area contributed by atoms with Crippen LogP contribution >= 0.6 is 0 Å². The van der Waals surface area contributed by atoms with Crippen LogP contribution in [0, 0.1) is 0 Å².